The maximum atomic E-state index is 5.54. The summed E-state index contributed by atoms with van der Waals surface area (Å²) in [5.41, 5.74) is 0.869. The first-order valence-corrected chi connectivity index (χ1v) is 8.19. The second-order valence-corrected chi connectivity index (χ2v) is 6.40. The van der Waals surface area contributed by atoms with Crippen LogP contribution in [0.2, 0.25) is 0 Å². The number of likely N-dealkylation sites (N-methyl/N-ethyl adjacent to an activating group) is 1. The molecular formula is C15H19BrN4O. The zero-order valence-electron chi connectivity index (χ0n) is 12.1. The van der Waals surface area contributed by atoms with Gasteiger partial charge >= 0.3 is 0 Å². The van der Waals surface area contributed by atoms with Gasteiger partial charge in [-0.15, -0.1) is 0 Å². The second-order valence-electron chi connectivity index (χ2n) is 5.49. The lowest BCUT2D eigenvalue weighted by Gasteiger charge is -2.20. The zero-order valence-corrected chi connectivity index (χ0v) is 13.6. The predicted molar refractivity (Wildman–Crippen MR) is 83.9 cm³/mol. The van der Waals surface area contributed by atoms with Crippen LogP contribution in [0.15, 0.2) is 27.5 Å². The fraction of sp³-hybridized carbons (Fsp3) is 0.533. The Labute approximate surface area is 132 Å². The molecule has 2 aromatic rings. The van der Waals surface area contributed by atoms with Crippen LogP contribution in [0.5, 0.6) is 0 Å². The van der Waals surface area contributed by atoms with Gasteiger partial charge in [0, 0.05) is 28.5 Å². The Morgan fingerprint density at radius 3 is 2.90 bits per heavy atom. The van der Waals surface area contributed by atoms with Crippen LogP contribution in [0.25, 0.3) is 11.4 Å². The molecule has 0 amide bonds. The molecule has 2 unspecified atom stereocenters. The largest absolute Gasteiger partial charge is 0.339 e. The van der Waals surface area contributed by atoms with E-state index >= 15 is 0 Å². The van der Waals surface area contributed by atoms with Crippen molar-refractivity contribution >= 4 is 15.9 Å². The Kier molecular flexibility index (Phi) is 4.65. The summed E-state index contributed by atoms with van der Waals surface area (Å²) < 4.78 is 6.45. The molecule has 5 nitrogen and oxygen atoms in total. The molecule has 1 aliphatic rings. The maximum Gasteiger partial charge on any atom is 0.231 e. The van der Waals surface area contributed by atoms with Gasteiger partial charge in [0.15, 0.2) is 0 Å². The van der Waals surface area contributed by atoms with E-state index in [9.17, 15) is 0 Å². The number of nitrogens with zero attached hydrogens (tertiary/aromatic N) is 3. The van der Waals surface area contributed by atoms with Gasteiger partial charge in [0.05, 0.1) is 5.92 Å². The summed E-state index contributed by atoms with van der Waals surface area (Å²) in [6, 6.07) is 2.37. The minimum absolute atomic E-state index is 0.305. The van der Waals surface area contributed by atoms with Crippen LogP contribution in [-0.4, -0.2) is 28.2 Å². The molecule has 0 aromatic carbocycles. The summed E-state index contributed by atoms with van der Waals surface area (Å²) in [5, 5.41) is 7.53. The molecule has 2 heterocycles. The van der Waals surface area contributed by atoms with Gasteiger partial charge < -0.3 is 9.84 Å². The molecule has 0 spiro atoms. The third kappa shape index (κ3) is 3.32. The molecule has 0 saturated heterocycles. The average molecular weight is 351 g/mol. The van der Waals surface area contributed by atoms with Crippen LogP contribution in [0, 0.1) is 0 Å². The first kappa shape index (κ1) is 14.7. The van der Waals surface area contributed by atoms with Crippen LogP contribution >= 0.6 is 15.9 Å². The number of nitrogens with one attached hydrogen (secondary N) is 1. The number of pyridine rings is 1. The summed E-state index contributed by atoms with van der Waals surface area (Å²) in [6.45, 7) is 0. The topological polar surface area (TPSA) is 63.8 Å². The fourth-order valence-corrected chi connectivity index (χ4v) is 3.35. The highest BCUT2D eigenvalue weighted by atomic mass is 79.9. The molecule has 1 aliphatic carbocycles. The molecule has 0 bridgehead atoms. The van der Waals surface area contributed by atoms with Gasteiger partial charge in [-0.3, -0.25) is 4.98 Å². The minimum atomic E-state index is 0.305. The highest BCUT2D eigenvalue weighted by molar-refractivity contribution is 9.10. The van der Waals surface area contributed by atoms with Crippen molar-refractivity contribution in [2.75, 3.05) is 7.05 Å². The number of rotatable bonds is 3. The lowest BCUT2D eigenvalue weighted by molar-refractivity contribution is 0.311. The van der Waals surface area contributed by atoms with Crippen molar-refractivity contribution in [3.63, 3.8) is 0 Å². The molecule has 3 rings (SSSR count). The lowest BCUT2D eigenvalue weighted by Crippen LogP contribution is -2.31. The molecule has 1 N–H and O–H groups in total. The van der Waals surface area contributed by atoms with Gasteiger partial charge in [-0.05, 0) is 41.9 Å². The Morgan fingerprint density at radius 1 is 1.24 bits per heavy atom. The molecule has 0 aliphatic heterocycles. The van der Waals surface area contributed by atoms with Crippen molar-refractivity contribution in [2.24, 2.45) is 0 Å². The Morgan fingerprint density at radius 2 is 2.10 bits per heavy atom. The van der Waals surface area contributed by atoms with Gasteiger partial charge in [-0.25, -0.2) is 0 Å². The summed E-state index contributed by atoms with van der Waals surface area (Å²) in [5.74, 6) is 1.66. The van der Waals surface area contributed by atoms with Crippen LogP contribution in [0.4, 0.5) is 0 Å². The number of aromatic nitrogens is 3. The lowest BCUT2D eigenvalue weighted by atomic mass is 9.95. The maximum absolute atomic E-state index is 5.54. The van der Waals surface area contributed by atoms with E-state index in [1.54, 1.807) is 12.4 Å². The van der Waals surface area contributed by atoms with Crippen LogP contribution in [-0.2, 0) is 0 Å². The monoisotopic (exact) mass is 350 g/mol. The molecule has 1 saturated carbocycles. The van der Waals surface area contributed by atoms with Crippen molar-refractivity contribution in [3.8, 4) is 11.4 Å². The van der Waals surface area contributed by atoms with E-state index in [2.05, 4.69) is 36.4 Å². The minimum Gasteiger partial charge on any atom is -0.339 e. The van der Waals surface area contributed by atoms with Crippen LogP contribution < -0.4 is 5.32 Å². The predicted octanol–water partition coefficient (Wildman–Crippen LogP) is 3.53. The van der Waals surface area contributed by atoms with E-state index in [1.165, 1.54) is 19.3 Å². The summed E-state index contributed by atoms with van der Waals surface area (Å²) in [7, 11) is 2.01. The van der Waals surface area contributed by atoms with Crippen LogP contribution in [0.1, 0.15) is 43.9 Å². The molecule has 2 aromatic heterocycles. The summed E-state index contributed by atoms with van der Waals surface area (Å²) in [6.07, 6.45) is 9.53. The SMILES string of the molecule is CNC1CCCCCC1c1nc(-c2cncc(Br)c2)no1. The van der Waals surface area contributed by atoms with E-state index in [4.69, 9.17) is 4.52 Å². The van der Waals surface area contributed by atoms with Crippen molar-refractivity contribution in [1.82, 2.24) is 20.4 Å². The van der Waals surface area contributed by atoms with Crippen LogP contribution in [0.3, 0.4) is 0 Å². The first-order chi connectivity index (χ1) is 10.3. The molecule has 6 heteroatoms. The third-order valence-electron chi connectivity index (χ3n) is 4.11. The number of hydrogen-bond donors (Lipinski definition) is 1. The first-order valence-electron chi connectivity index (χ1n) is 7.39. The van der Waals surface area contributed by atoms with Crippen molar-refractivity contribution in [3.05, 3.63) is 28.8 Å². The van der Waals surface area contributed by atoms with Gasteiger partial charge in [0.2, 0.25) is 11.7 Å². The Balaban J connectivity index is 1.86. The second kappa shape index (κ2) is 6.66. The van der Waals surface area contributed by atoms with E-state index in [0.717, 1.165) is 28.8 Å². The Bertz CT molecular complexity index is 601. The van der Waals surface area contributed by atoms with Gasteiger partial charge in [-0.1, -0.05) is 24.4 Å². The van der Waals surface area contributed by atoms with Gasteiger partial charge in [-0.2, -0.15) is 4.98 Å². The fourth-order valence-electron chi connectivity index (χ4n) is 2.99. The van der Waals surface area contributed by atoms with E-state index in [1.807, 2.05) is 13.1 Å². The smallest absolute Gasteiger partial charge is 0.231 e. The molecule has 2 atom stereocenters. The summed E-state index contributed by atoms with van der Waals surface area (Å²) >= 11 is 3.42. The molecule has 0 radical (unpaired) electrons. The highest BCUT2D eigenvalue weighted by Gasteiger charge is 2.28. The van der Waals surface area contributed by atoms with Crippen molar-refractivity contribution in [2.45, 2.75) is 44.1 Å². The van der Waals surface area contributed by atoms with Crippen molar-refractivity contribution < 1.29 is 4.52 Å². The summed E-state index contributed by atoms with van der Waals surface area (Å²) in [4.78, 5) is 8.75. The number of halogens is 1. The molecule has 21 heavy (non-hydrogen) atoms. The van der Waals surface area contributed by atoms with Gasteiger partial charge in [0.1, 0.15) is 0 Å². The third-order valence-corrected chi connectivity index (χ3v) is 4.54. The normalized spacial score (nSPS) is 23.0. The highest BCUT2D eigenvalue weighted by Crippen LogP contribution is 2.32. The van der Waals surface area contributed by atoms with Gasteiger partial charge in [0.25, 0.3) is 0 Å². The zero-order chi connectivity index (χ0) is 14.7. The molecule has 112 valence electrons. The van der Waals surface area contributed by atoms with E-state index in [-0.39, 0.29) is 0 Å². The quantitative estimate of drug-likeness (QED) is 0.857. The number of hydrogen-bond acceptors (Lipinski definition) is 5. The molecule has 1 fully saturated rings. The molecular weight excluding hydrogens is 332 g/mol. The van der Waals surface area contributed by atoms with E-state index in [0.29, 0.717) is 17.8 Å². The average Bonchev–Trinajstić information content (AvgIpc) is 2.86. The standard InChI is InChI=1S/C15H19BrN4O/c1-17-13-6-4-2-3-5-12(13)15-19-14(20-21-15)10-7-11(16)9-18-8-10/h7-9,12-13,17H,2-6H2,1H3. The van der Waals surface area contributed by atoms with Crippen molar-refractivity contribution in [1.29, 1.82) is 0 Å². The Hall–Kier alpha value is -1.27. The van der Waals surface area contributed by atoms with E-state index < -0.39 is 0 Å².